The Labute approximate surface area is 75.3 Å². The molecule has 0 bridgehead atoms. The van der Waals surface area contributed by atoms with Crippen molar-refractivity contribution in [2.45, 2.75) is 18.9 Å². The summed E-state index contributed by atoms with van der Waals surface area (Å²) < 4.78 is 0. The number of carboxylic acids is 1. The van der Waals surface area contributed by atoms with Gasteiger partial charge in [0.2, 0.25) is 0 Å². The van der Waals surface area contributed by atoms with E-state index in [0.29, 0.717) is 13.0 Å². The summed E-state index contributed by atoms with van der Waals surface area (Å²) in [6.07, 6.45) is 2.92. The van der Waals surface area contributed by atoms with Gasteiger partial charge in [-0.05, 0) is 12.8 Å². The van der Waals surface area contributed by atoms with Gasteiger partial charge < -0.3 is 15.1 Å². The molecule has 1 amide bonds. The van der Waals surface area contributed by atoms with E-state index in [1.807, 2.05) is 0 Å². The molecule has 0 saturated carbocycles. The normalized spacial score (nSPS) is 22.5. The Balaban J connectivity index is 2.58. The van der Waals surface area contributed by atoms with Crippen LogP contribution in [-0.4, -0.2) is 39.8 Å². The standard InChI is InChI=1S/C8H11NO4/c10-7(11)4-3-6-2-1-5-9(6)8(12)13/h3-4,6H,1-2,5H2,(H,10,11)(H,12,13). The van der Waals surface area contributed by atoms with Gasteiger partial charge in [-0.25, -0.2) is 9.59 Å². The number of carboxylic acid groups (broad SMARTS) is 2. The third-order valence-electron chi connectivity index (χ3n) is 2.01. The average Bonchev–Trinajstić information content (AvgIpc) is 2.47. The smallest absolute Gasteiger partial charge is 0.407 e. The van der Waals surface area contributed by atoms with Crippen LogP contribution >= 0.6 is 0 Å². The fraction of sp³-hybridized carbons (Fsp3) is 0.500. The van der Waals surface area contributed by atoms with Gasteiger partial charge in [0, 0.05) is 12.6 Å². The SMILES string of the molecule is O=C(O)C=CC1CCCN1C(=O)O. The molecule has 1 heterocycles. The first-order valence-electron chi connectivity index (χ1n) is 4.02. The highest BCUT2D eigenvalue weighted by atomic mass is 16.4. The largest absolute Gasteiger partial charge is 0.478 e. The topological polar surface area (TPSA) is 77.8 Å². The second kappa shape index (κ2) is 3.93. The van der Waals surface area contributed by atoms with E-state index < -0.39 is 12.1 Å². The monoisotopic (exact) mass is 185 g/mol. The van der Waals surface area contributed by atoms with Crippen molar-refractivity contribution in [3.8, 4) is 0 Å². The molecule has 0 radical (unpaired) electrons. The van der Waals surface area contributed by atoms with Crippen LogP contribution < -0.4 is 0 Å². The molecule has 0 aromatic rings. The molecule has 72 valence electrons. The van der Waals surface area contributed by atoms with Crippen molar-refractivity contribution < 1.29 is 19.8 Å². The fourth-order valence-corrected chi connectivity index (χ4v) is 1.42. The number of hydrogen-bond donors (Lipinski definition) is 2. The minimum Gasteiger partial charge on any atom is -0.478 e. The van der Waals surface area contributed by atoms with E-state index in [-0.39, 0.29) is 6.04 Å². The molecule has 0 aliphatic carbocycles. The molecular weight excluding hydrogens is 174 g/mol. The Morgan fingerprint density at radius 2 is 2.08 bits per heavy atom. The van der Waals surface area contributed by atoms with Crippen LogP contribution in [-0.2, 0) is 4.79 Å². The third kappa shape index (κ3) is 2.47. The van der Waals surface area contributed by atoms with Crippen LogP contribution in [0.25, 0.3) is 0 Å². The van der Waals surface area contributed by atoms with E-state index in [2.05, 4.69) is 0 Å². The lowest BCUT2D eigenvalue weighted by atomic mass is 10.2. The van der Waals surface area contributed by atoms with Crippen LogP contribution in [0.1, 0.15) is 12.8 Å². The molecule has 1 rings (SSSR count). The van der Waals surface area contributed by atoms with Crippen molar-refractivity contribution in [1.29, 1.82) is 0 Å². The maximum Gasteiger partial charge on any atom is 0.407 e. The highest BCUT2D eigenvalue weighted by Gasteiger charge is 2.26. The molecule has 0 aromatic carbocycles. The van der Waals surface area contributed by atoms with E-state index >= 15 is 0 Å². The number of carbonyl (C=O) groups is 2. The van der Waals surface area contributed by atoms with Gasteiger partial charge in [0.15, 0.2) is 0 Å². The van der Waals surface area contributed by atoms with Crippen LogP contribution in [0.4, 0.5) is 4.79 Å². The molecule has 1 fully saturated rings. The number of amides is 1. The van der Waals surface area contributed by atoms with Gasteiger partial charge in [-0.1, -0.05) is 6.08 Å². The first-order chi connectivity index (χ1) is 6.11. The zero-order valence-electron chi connectivity index (χ0n) is 7.01. The third-order valence-corrected chi connectivity index (χ3v) is 2.01. The summed E-state index contributed by atoms with van der Waals surface area (Å²) in [5.41, 5.74) is 0. The molecule has 2 N–H and O–H groups in total. The van der Waals surface area contributed by atoms with Crippen LogP contribution in [0.2, 0.25) is 0 Å². The number of nitrogens with zero attached hydrogens (tertiary/aromatic N) is 1. The summed E-state index contributed by atoms with van der Waals surface area (Å²) in [7, 11) is 0. The second-order valence-corrected chi connectivity index (χ2v) is 2.88. The lowest BCUT2D eigenvalue weighted by molar-refractivity contribution is -0.131. The molecule has 1 unspecified atom stereocenters. The predicted molar refractivity (Wildman–Crippen MR) is 44.5 cm³/mol. The minimum absolute atomic E-state index is 0.270. The van der Waals surface area contributed by atoms with Gasteiger partial charge >= 0.3 is 12.1 Å². The molecule has 1 saturated heterocycles. The zero-order valence-corrected chi connectivity index (χ0v) is 7.01. The van der Waals surface area contributed by atoms with Gasteiger partial charge in [-0.15, -0.1) is 0 Å². The molecule has 5 heteroatoms. The zero-order chi connectivity index (χ0) is 9.84. The maximum atomic E-state index is 10.6. The Hall–Kier alpha value is -1.52. The highest BCUT2D eigenvalue weighted by molar-refractivity contribution is 5.80. The first kappa shape index (κ1) is 9.57. The van der Waals surface area contributed by atoms with Gasteiger partial charge in [-0.2, -0.15) is 0 Å². The summed E-state index contributed by atoms with van der Waals surface area (Å²) in [5.74, 6) is -1.04. The van der Waals surface area contributed by atoms with Crippen LogP contribution in [0.15, 0.2) is 12.2 Å². The second-order valence-electron chi connectivity index (χ2n) is 2.88. The summed E-state index contributed by atoms with van der Waals surface area (Å²) in [6.45, 7) is 0.490. The van der Waals surface area contributed by atoms with Crippen molar-refractivity contribution in [1.82, 2.24) is 4.90 Å². The highest BCUT2D eigenvalue weighted by Crippen LogP contribution is 2.17. The van der Waals surface area contributed by atoms with Crippen LogP contribution in [0, 0.1) is 0 Å². The molecule has 1 aliphatic heterocycles. The fourth-order valence-electron chi connectivity index (χ4n) is 1.42. The van der Waals surface area contributed by atoms with Crippen LogP contribution in [0.5, 0.6) is 0 Å². The number of hydrogen-bond acceptors (Lipinski definition) is 2. The Kier molecular flexibility index (Phi) is 2.89. The molecule has 13 heavy (non-hydrogen) atoms. The Morgan fingerprint density at radius 1 is 1.38 bits per heavy atom. The first-order valence-corrected chi connectivity index (χ1v) is 4.02. The van der Waals surface area contributed by atoms with Crippen molar-refractivity contribution >= 4 is 12.1 Å². The molecule has 0 aromatic heterocycles. The lowest BCUT2D eigenvalue weighted by Crippen LogP contribution is -2.32. The van der Waals surface area contributed by atoms with Crippen molar-refractivity contribution in [3.05, 3.63) is 12.2 Å². The van der Waals surface area contributed by atoms with Gasteiger partial charge in [0.25, 0.3) is 0 Å². The quantitative estimate of drug-likeness (QED) is 0.623. The summed E-state index contributed by atoms with van der Waals surface area (Å²) in [4.78, 5) is 22.0. The van der Waals surface area contributed by atoms with Crippen LogP contribution in [0.3, 0.4) is 0 Å². The maximum absolute atomic E-state index is 10.6. The van der Waals surface area contributed by atoms with E-state index in [9.17, 15) is 9.59 Å². The number of likely N-dealkylation sites (tertiary alicyclic amines) is 1. The molecular formula is C8H11NO4. The minimum atomic E-state index is -1.04. The number of rotatable bonds is 2. The molecule has 0 spiro atoms. The Morgan fingerprint density at radius 3 is 2.62 bits per heavy atom. The Bertz CT molecular complexity index is 249. The summed E-state index contributed by atoms with van der Waals surface area (Å²) >= 11 is 0. The number of aliphatic carboxylic acids is 1. The van der Waals surface area contributed by atoms with E-state index in [1.54, 1.807) is 0 Å². The van der Waals surface area contributed by atoms with E-state index in [4.69, 9.17) is 10.2 Å². The van der Waals surface area contributed by atoms with Gasteiger partial charge in [-0.3, -0.25) is 0 Å². The molecule has 5 nitrogen and oxygen atoms in total. The predicted octanol–water partition coefficient (Wildman–Crippen LogP) is 0.770. The van der Waals surface area contributed by atoms with E-state index in [1.165, 1.54) is 11.0 Å². The summed E-state index contributed by atoms with van der Waals surface area (Å²) in [5, 5.41) is 17.0. The van der Waals surface area contributed by atoms with Gasteiger partial charge in [0.1, 0.15) is 0 Å². The van der Waals surface area contributed by atoms with Crippen molar-refractivity contribution in [2.75, 3.05) is 6.54 Å². The molecule has 1 atom stereocenters. The lowest BCUT2D eigenvalue weighted by Gasteiger charge is -2.17. The van der Waals surface area contributed by atoms with Gasteiger partial charge in [0.05, 0.1) is 6.04 Å². The summed E-state index contributed by atoms with van der Waals surface area (Å²) in [6, 6.07) is -0.270. The van der Waals surface area contributed by atoms with Crippen molar-refractivity contribution in [3.63, 3.8) is 0 Å². The average molecular weight is 185 g/mol. The molecule has 1 aliphatic rings. The van der Waals surface area contributed by atoms with Crippen molar-refractivity contribution in [2.24, 2.45) is 0 Å². The van der Waals surface area contributed by atoms with E-state index in [0.717, 1.165) is 12.5 Å².